The first-order valence-corrected chi connectivity index (χ1v) is 7.08. The maximum absolute atomic E-state index is 12.3. The van der Waals surface area contributed by atoms with Crippen molar-refractivity contribution in [3.8, 4) is 0 Å². The van der Waals surface area contributed by atoms with Gasteiger partial charge in [0.1, 0.15) is 6.26 Å². The van der Waals surface area contributed by atoms with Gasteiger partial charge in [0.2, 0.25) is 5.91 Å². The summed E-state index contributed by atoms with van der Waals surface area (Å²) < 4.78 is 4.93. The number of carbonyl (C=O) groups excluding carboxylic acids is 2. The van der Waals surface area contributed by atoms with Crippen molar-refractivity contribution in [2.75, 3.05) is 6.54 Å². The molecule has 1 aromatic rings. The van der Waals surface area contributed by atoms with Crippen molar-refractivity contribution in [2.45, 2.75) is 52.6 Å². The van der Waals surface area contributed by atoms with E-state index >= 15 is 0 Å². The number of hydrogen-bond acceptors (Lipinski definition) is 3. The molecule has 1 rings (SSSR count). The summed E-state index contributed by atoms with van der Waals surface area (Å²) in [4.78, 5) is 25.7. The van der Waals surface area contributed by atoms with Gasteiger partial charge in [0.15, 0.2) is 0 Å². The number of hydrogen-bond donors (Lipinski definition) is 1. The second kappa shape index (κ2) is 7.72. The zero-order chi connectivity index (χ0) is 15.1. The summed E-state index contributed by atoms with van der Waals surface area (Å²) in [5.41, 5.74) is 0.515. The maximum atomic E-state index is 12.3. The van der Waals surface area contributed by atoms with Crippen LogP contribution in [0.3, 0.4) is 0 Å². The van der Waals surface area contributed by atoms with E-state index in [-0.39, 0.29) is 23.9 Å². The summed E-state index contributed by atoms with van der Waals surface area (Å²) in [6.45, 7) is 8.27. The molecule has 0 aliphatic carbocycles. The minimum Gasteiger partial charge on any atom is -0.472 e. The molecule has 1 unspecified atom stereocenters. The lowest BCUT2D eigenvalue weighted by Gasteiger charge is -2.26. The molecule has 0 aliphatic rings. The van der Waals surface area contributed by atoms with Crippen LogP contribution in [0.5, 0.6) is 0 Å². The fourth-order valence-electron chi connectivity index (χ4n) is 1.82. The van der Waals surface area contributed by atoms with Crippen molar-refractivity contribution >= 4 is 11.8 Å². The van der Waals surface area contributed by atoms with Crippen LogP contribution in [0.4, 0.5) is 0 Å². The molecular formula is C15H24N2O3. The van der Waals surface area contributed by atoms with E-state index in [4.69, 9.17) is 4.42 Å². The van der Waals surface area contributed by atoms with Crippen LogP contribution in [0.25, 0.3) is 0 Å². The van der Waals surface area contributed by atoms with Gasteiger partial charge in [-0.3, -0.25) is 9.59 Å². The first-order valence-electron chi connectivity index (χ1n) is 7.08. The van der Waals surface area contributed by atoms with E-state index in [1.165, 1.54) is 12.5 Å². The molecule has 2 amide bonds. The summed E-state index contributed by atoms with van der Waals surface area (Å²) in [6, 6.07) is 1.84. The standard InChI is InChI=1S/C15H24N2O3/c1-5-12(4)16-14(18)6-8-17(11(2)3)15(19)13-7-9-20-10-13/h7,9-12H,5-6,8H2,1-4H3,(H,16,18). The van der Waals surface area contributed by atoms with Crippen LogP contribution >= 0.6 is 0 Å². The highest BCUT2D eigenvalue weighted by Gasteiger charge is 2.20. The number of nitrogens with zero attached hydrogens (tertiary/aromatic N) is 1. The van der Waals surface area contributed by atoms with Gasteiger partial charge >= 0.3 is 0 Å². The quantitative estimate of drug-likeness (QED) is 0.834. The summed E-state index contributed by atoms with van der Waals surface area (Å²) >= 11 is 0. The molecule has 0 aliphatic heterocycles. The molecule has 112 valence electrons. The van der Waals surface area contributed by atoms with Crippen molar-refractivity contribution in [3.63, 3.8) is 0 Å². The molecule has 0 aromatic carbocycles. The van der Waals surface area contributed by atoms with Gasteiger partial charge in [-0.15, -0.1) is 0 Å². The van der Waals surface area contributed by atoms with E-state index in [9.17, 15) is 9.59 Å². The summed E-state index contributed by atoms with van der Waals surface area (Å²) in [7, 11) is 0. The number of carbonyl (C=O) groups is 2. The number of furan rings is 1. The first kappa shape index (κ1) is 16.3. The predicted octanol–water partition coefficient (Wildman–Crippen LogP) is 2.44. The van der Waals surface area contributed by atoms with E-state index in [0.29, 0.717) is 18.5 Å². The number of amides is 2. The minimum absolute atomic E-state index is 0.0232. The molecule has 0 spiro atoms. The second-order valence-corrected chi connectivity index (χ2v) is 5.23. The van der Waals surface area contributed by atoms with Gasteiger partial charge in [-0.2, -0.15) is 0 Å². The topological polar surface area (TPSA) is 62.6 Å². The van der Waals surface area contributed by atoms with Crippen LogP contribution < -0.4 is 5.32 Å². The van der Waals surface area contributed by atoms with Gasteiger partial charge in [-0.05, 0) is 33.3 Å². The van der Waals surface area contributed by atoms with Gasteiger partial charge in [-0.1, -0.05) is 6.92 Å². The van der Waals surface area contributed by atoms with Crippen LogP contribution in [0, 0.1) is 0 Å². The Hall–Kier alpha value is -1.78. The molecular weight excluding hydrogens is 256 g/mol. The largest absolute Gasteiger partial charge is 0.472 e. The average Bonchev–Trinajstić information content (AvgIpc) is 2.91. The fraction of sp³-hybridized carbons (Fsp3) is 0.600. The van der Waals surface area contributed by atoms with Crippen molar-refractivity contribution in [3.05, 3.63) is 24.2 Å². The Balaban J connectivity index is 2.56. The zero-order valence-electron chi connectivity index (χ0n) is 12.7. The minimum atomic E-state index is -0.106. The van der Waals surface area contributed by atoms with Gasteiger partial charge < -0.3 is 14.6 Å². The number of nitrogens with one attached hydrogen (secondary N) is 1. The van der Waals surface area contributed by atoms with Crippen molar-refractivity contribution in [1.29, 1.82) is 0 Å². The molecule has 1 aromatic heterocycles. The molecule has 20 heavy (non-hydrogen) atoms. The smallest absolute Gasteiger partial charge is 0.257 e. The Labute approximate surface area is 120 Å². The van der Waals surface area contributed by atoms with Crippen LogP contribution in [0.15, 0.2) is 23.0 Å². The fourth-order valence-corrected chi connectivity index (χ4v) is 1.82. The number of rotatable bonds is 7. The molecule has 1 atom stereocenters. The Morgan fingerprint density at radius 2 is 2.05 bits per heavy atom. The molecule has 1 heterocycles. The van der Waals surface area contributed by atoms with Crippen LogP contribution in [0.2, 0.25) is 0 Å². The van der Waals surface area contributed by atoms with Gasteiger partial charge in [0.05, 0.1) is 11.8 Å². The first-order chi connectivity index (χ1) is 9.45. The normalized spacial score (nSPS) is 12.2. The Morgan fingerprint density at radius 1 is 1.35 bits per heavy atom. The summed E-state index contributed by atoms with van der Waals surface area (Å²) in [5, 5.41) is 2.90. The van der Waals surface area contributed by atoms with Crippen LogP contribution in [-0.2, 0) is 4.79 Å². The third-order valence-corrected chi connectivity index (χ3v) is 3.25. The Morgan fingerprint density at radius 3 is 2.55 bits per heavy atom. The highest BCUT2D eigenvalue weighted by atomic mass is 16.3. The Kier molecular flexibility index (Phi) is 6.28. The Bertz CT molecular complexity index is 426. The van der Waals surface area contributed by atoms with E-state index in [2.05, 4.69) is 5.32 Å². The molecule has 5 nitrogen and oxygen atoms in total. The molecule has 0 saturated heterocycles. The lowest BCUT2D eigenvalue weighted by atomic mass is 10.2. The highest BCUT2D eigenvalue weighted by Crippen LogP contribution is 2.10. The summed E-state index contributed by atoms with van der Waals surface area (Å²) in [6.07, 6.45) is 4.11. The molecule has 0 radical (unpaired) electrons. The SMILES string of the molecule is CCC(C)NC(=O)CCN(C(=O)c1ccoc1)C(C)C. The van der Waals surface area contributed by atoms with E-state index in [1.807, 2.05) is 27.7 Å². The average molecular weight is 280 g/mol. The molecule has 0 bridgehead atoms. The summed E-state index contributed by atoms with van der Waals surface area (Å²) in [5.74, 6) is -0.130. The van der Waals surface area contributed by atoms with Gasteiger partial charge in [-0.25, -0.2) is 0 Å². The van der Waals surface area contributed by atoms with Gasteiger partial charge in [0, 0.05) is 25.0 Å². The maximum Gasteiger partial charge on any atom is 0.257 e. The van der Waals surface area contributed by atoms with Crippen LogP contribution in [0.1, 0.15) is 50.9 Å². The third-order valence-electron chi connectivity index (χ3n) is 3.25. The lowest BCUT2D eigenvalue weighted by Crippen LogP contribution is -2.40. The molecule has 0 fully saturated rings. The molecule has 1 N–H and O–H groups in total. The second-order valence-electron chi connectivity index (χ2n) is 5.23. The molecule has 5 heteroatoms. The van der Waals surface area contributed by atoms with Crippen molar-refractivity contribution in [1.82, 2.24) is 10.2 Å². The van der Waals surface area contributed by atoms with Crippen LogP contribution in [-0.4, -0.2) is 35.3 Å². The van der Waals surface area contributed by atoms with E-state index in [1.54, 1.807) is 11.0 Å². The van der Waals surface area contributed by atoms with E-state index < -0.39 is 0 Å². The van der Waals surface area contributed by atoms with E-state index in [0.717, 1.165) is 6.42 Å². The van der Waals surface area contributed by atoms with Crippen molar-refractivity contribution in [2.24, 2.45) is 0 Å². The monoisotopic (exact) mass is 280 g/mol. The van der Waals surface area contributed by atoms with Gasteiger partial charge in [0.25, 0.3) is 5.91 Å². The lowest BCUT2D eigenvalue weighted by molar-refractivity contribution is -0.121. The zero-order valence-corrected chi connectivity index (χ0v) is 12.7. The van der Waals surface area contributed by atoms with Crippen molar-refractivity contribution < 1.29 is 14.0 Å². The molecule has 0 saturated carbocycles. The highest BCUT2D eigenvalue weighted by molar-refractivity contribution is 5.94. The predicted molar refractivity (Wildman–Crippen MR) is 77.4 cm³/mol. The third kappa shape index (κ3) is 4.72.